The number of aromatic nitrogens is 3. The molecule has 1 fully saturated rings. The van der Waals surface area contributed by atoms with Crippen LogP contribution in [0.15, 0.2) is 4.79 Å². The molecule has 2 aromatic heterocycles. The highest BCUT2D eigenvalue weighted by atomic mass is 35.5. The second-order valence-electron chi connectivity index (χ2n) is 4.64. The monoisotopic (exact) mass is 348 g/mol. The Morgan fingerprint density at radius 3 is 2.95 bits per heavy atom. The van der Waals surface area contributed by atoms with E-state index in [2.05, 4.69) is 20.3 Å². The van der Waals surface area contributed by atoms with Crippen molar-refractivity contribution in [2.75, 3.05) is 26.4 Å². The fourth-order valence-corrected chi connectivity index (χ4v) is 2.44. The molecule has 2 N–H and O–H groups in total. The van der Waals surface area contributed by atoms with Crippen molar-refractivity contribution in [1.82, 2.24) is 20.3 Å². The molecular weight excluding hydrogens is 338 g/mol. The molecule has 0 aromatic carbocycles. The molecule has 1 atom stereocenters. The number of ether oxygens (including phenoxy) is 2. The van der Waals surface area contributed by atoms with E-state index in [-0.39, 0.29) is 34.7 Å². The van der Waals surface area contributed by atoms with Crippen LogP contribution in [-0.4, -0.2) is 47.4 Å². The molecule has 0 radical (unpaired) electrons. The van der Waals surface area contributed by atoms with Crippen molar-refractivity contribution < 1.29 is 13.9 Å². The van der Waals surface area contributed by atoms with Gasteiger partial charge < -0.3 is 14.8 Å². The molecule has 0 spiro atoms. The molecule has 0 unspecified atom stereocenters. The van der Waals surface area contributed by atoms with Gasteiger partial charge in [-0.3, -0.25) is 9.78 Å². The van der Waals surface area contributed by atoms with Crippen LogP contribution in [0.2, 0.25) is 10.4 Å². The summed E-state index contributed by atoms with van der Waals surface area (Å²) in [4.78, 5) is 21.8. The average Bonchev–Trinajstić information content (AvgIpc) is 2.50. The summed E-state index contributed by atoms with van der Waals surface area (Å²) in [5.74, 6) is -1.02. The fraction of sp³-hybridized carbons (Fsp3) is 0.417. The van der Waals surface area contributed by atoms with Crippen molar-refractivity contribution in [2.45, 2.75) is 6.04 Å². The predicted octanol–water partition coefficient (Wildman–Crippen LogP) is 1.13. The highest BCUT2D eigenvalue weighted by molar-refractivity contribution is 6.30. The van der Waals surface area contributed by atoms with Gasteiger partial charge in [0.15, 0.2) is 11.0 Å². The van der Waals surface area contributed by atoms with Crippen LogP contribution < -0.4 is 15.6 Å². The first-order valence-electron chi connectivity index (χ1n) is 6.44. The average molecular weight is 349 g/mol. The Balaban J connectivity index is 1.98. The van der Waals surface area contributed by atoms with Gasteiger partial charge in [0, 0.05) is 6.54 Å². The number of H-pyrrole nitrogens is 1. The highest BCUT2D eigenvalue weighted by Crippen LogP contribution is 2.27. The Hall–Kier alpha value is -1.48. The summed E-state index contributed by atoms with van der Waals surface area (Å²) in [7, 11) is 0. The summed E-state index contributed by atoms with van der Waals surface area (Å²) in [5, 5.41) is 2.36. The first kappa shape index (κ1) is 15.4. The standard InChI is InChI=1S/C12H11Cl2FN4O3/c13-9-7(15)8-6(10(20)19-12(14)17-8)11(18-9)22-4-5-3-21-2-1-16-5/h5,16H,1-4H2,(H,17,19,20)/t5-/m0/s1. The van der Waals surface area contributed by atoms with E-state index in [1.54, 1.807) is 0 Å². The molecule has 10 heteroatoms. The van der Waals surface area contributed by atoms with Crippen LogP contribution in [-0.2, 0) is 4.74 Å². The minimum Gasteiger partial charge on any atom is -0.475 e. The maximum atomic E-state index is 14.0. The van der Waals surface area contributed by atoms with Gasteiger partial charge in [0.1, 0.15) is 17.5 Å². The van der Waals surface area contributed by atoms with E-state index >= 15 is 0 Å². The van der Waals surface area contributed by atoms with E-state index in [0.29, 0.717) is 19.8 Å². The van der Waals surface area contributed by atoms with Crippen LogP contribution in [0.25, 0.3) is 10.9 Å². The first-order chi connectivity index (χ1) is 10.6. The van der Waals surface area contributed by atoms with Crippen LogP contribution in [0, 0.1) is 5.82 Å². The van der Waals surface area contributed by atoms with Crippen molar-refractivity contribution >= 4 is 34.1 Å². The fourth-order valence-electron chi connectivity index (χ4n) is 2.11. The molecule has 3 rings (SSSR count). The Morgan fingerprint density at radius 2 is 2.23 bits per heavy atom. The third-order valence-electron chi connectivity index (χ3n) is 3.11. The van der Waals surface area contributed by atoms with Gasteiger partial charge in [-0.25, -0.2) is 9.37 Å². The van der Waals surface area contributed by atoms with Crippen LogP contribution in [0.4, 0.5) is 4.39 Å². The number of morpholine rings is 1. The molecule has 22 heavy (non-hydrogen) atoms. The second kappa shape index (κ2) is 6.33. The molecular formula is C12H11Cl2FN4O3. The van der Waals surface area contributed by atoms with Crippen molar-refractivity contribution in [3.8, 4) is 5.88 Å². The minimum absolute atomic E-state index is 0.0613. The van der Waals surface area contributed by atoms with E-state index in [4.69, 9.17) is 32.7 Å². The molecule has 0 bridgehead atoms. The zero-order valence-electron chi connectivity index (χ0n) is 11.2. The third kappa shape index (κ3) is 3.00. The number of hydrogen-bond donors (Lipinski definition) is 2. The Kier molecular flexibility index (Phi) is 4.44. The number of pyridine rings is 1. The first-order valence-corrected chi connectivity index (χ1v) is 7.20. The summed E-state index contributed by atoms with van der Waals surface area (Å²) in [5.41, 5.74) is -0.933. The third-order valence-corrected chi connectivity index (χ3v) is 3.54. The number of nitrogens with zero attached hydrogens (tertiary/aromatic N) is 2. The number of fused-ring (bicyclic) bond motifs is 1. The Bertz CT molecular complexity index is 764. The summed E-state index contributed by atoms with van der Waals surface area (Å²) in [6.45, 7) is 1.98. The van der Waals surface area contributed by atoms with Gasteiger partial charge in [-0.2, -0.15) is 4.98 Å². The Labute approximate surface area is 133 Å². The normalized spacial score (nSPS) is 18.6. The van der Waals surface area contributed by atoms with Crippen molar-refractivity contribution in [2.24, 2.45) is 0 Å². The summed E-state index contributed by atoms with van der Waals surface area (Å²) >= 11 is 11.4. The lowest BCUT2D eigenvalue weighted by Crippen LogP contribution is -2.44. The minimum atomic E-state index is -0.920. The van der Waals surface area contributed by atoms with Gasteiger partial charge in [-0.05, 0) is 11.6 Å². The van der Waals surface area contributed by atoms with Crippen molar-refractivity contribution in [3.63, 3.8) is 0 Å². The number of hydrogen-bond acceptors (Lipinski definition) is 6. The maximum absolute atomic E-state index is 14.0. The van der Waals surface area contributed by atoms with Gasteiger partial charge >= 0.3 is 0 Å². The molecule has 1 aliphatic rings. The van der Waals surface area contributed by atoms with Gasteiger partial charge in [0.2, 0.25) is 11.2 Å². The van der Waals surface area contributed by atoms with E-state index < -0.39 is 16.5 Å². The molecule has 0 saturated carbocycles. The Morgan fingerprint density at radius 1 is 1.41 bits per heavy atom. The molecule has 0 amide bonds. The van der Waals surface area contributed by atoms with Gasteiger partial charge in [0.25, 0.3) is 5.56 Å². The van der Waals surface area contributed by atoms with Crippen LogP contribution in [0.5, 0.6) is 5.88 Å². The molecule has 2 aromatic rings. The van der Waals surface area contributed by atoms with Gasteiger partial charge in [0.05, 0.1) is 19.3 Å². The lowest BCUT2D eigenvalue weighted by Gasteiger charge is -2.23. The summed E-state index contributed by atoms with van der Waals surface area (Å²) in [6, 6.07) is -0.0613. The molecule has 1 saturated heterocycles. The molecule has 3 heterocycles. The molecule has 0 aliphatic carbocycles. The SMILES string of the molecule is O=c1[nH]c(Cl)nc2c(F)c(Cl)nc(OC[C@@H]3COCCN3)c12. The quantitative estimate of drug-likeness (QED) is 0.638. The summed E-state index contributed by atoms with van der Waals surface area (Å²) in [6.07, 6.45) is 0. The topological polar surface area (TPSA) is 89.1 Å². The zero-order valence-corrected chi connectivity index (χ0v) is 12.7. The zero-order chi connectivity index (χ0) is 15.7. The smallest absolute Gasteiger partial charge is 0.265 e. The number of aromatic amines is 1. The predicted molar refractivity (Wildman–Crippen MR) is 78.2 cm³/mol. The molecule has 118 valence electrons. The van der Waals surface area contributed by atoms with E-state index in [9.17, 15) is 9.18 Å². The molecule has 1 aliphatic heterocycles. The lowest BCUT2D eigenvalue weighted by atomic mass is 10.3. The van der Waals surface area contributed by atoms with E-state index in [1.165, 1.54) is 0 Å². The van der Waals surface area contributed by atoms with Crippen LogP contribution >= 0.6 is 23.2 Å². The number of halogens is 3. The lowest BCUT2D eigenvalue weighted by molar-refractivity contribution is 0.0588. The maximum Gasteiger partial charge on any atom is 0.265 e. The van der Waals surface area contributed by atoms with Gasteiger partial charge in [-0.1, -0.05) is 11.6 Å². The van der Waals surface area contributed by atoms with Crippen molar-refractivity contribution in [1.29, 1.82) is 0 Å². The second-order valence-corrected chi connectivity index (χ2v) is 5.36. The molecule has 7 nitrogen and oxygen atoms in total. The van der Waals surface area contributed by atoms with Crippen molar-refractivity contribution in [3.05, 3.63) is 26.6 Å². The van der Waals surface area contributed by atoms with Gasteiger partial charge in [-0.15, -0.1) is 0 Å². The van der Waals surface area contributed by atoms with E-state index in [0.717, 1.165) is 0 Å². The summed E-state index contributed by atoms with van der Waals surface area (Å²) < 4.78 is 24.8. The van der Waals surface area contributed by atoms with Crippen LogP contribution in [0.1, 0.15) is 0 Å². The number of nitrogens with one attached hydrogen (secondary N) is 2. The number of rotatable bonds is 3. The van der Waals surface area contributed by atoms with E-state index in [1.807, 2.05) is 0 Å². The highest BCUT2D eigenvalue weighted by Gasteiger charge is 2.21. The largest absolute Gasteiger partial charge is 0.475 e. The van der Waals surface area contributed by atoms with Crippen LogP contribution in [0.3, 0.4) is 0 Å².